The number of nitrogens with zero attached hydrogens (tertiary/aromatic N) is 1. The van der Waals surface area contributed by atoms with E-state index in [0.717, 1.165) is 25.9 Å². The van der Waals surface area contributed by atoms with Crippen LogP contribution in [0.4, 0.5) is 5.69 Å². The van der Waals surface area contributed by atoms with Crippen LogP contribution in [-0.2, 0) is 10.2 Å². The molecule has 1 aromatic rings. The van der Waals surface area contributed by atoms with Gasteiger partial charge in [-0.15, -0.1) is 0 Å². The highest BCUT2D eigenvalue weighted by Crippen LogP contribution is 2.41. The van der Waals surface area contributed by atoms with Gasteiger partial charge in [0.05, 0.1) is 5.69 Å². The van der Waals surface area contributed by atoms with Crippen LogP contribution in [0.25, 0.3) is 0 Å². The molecule has 1 saturated heterocycles. The third kappa shape index (κ3) is 5.71. The van der Waals surface area contributed by atoms with Gasteiger partial charge in [-0.3, -0.25) is 4.79 Å². The molecule has 27 heavy (non-hydrogen) atoms. The van der Waals surface area contributed by atoms with Gasteiger partial charge in [0.15, 0.2) is 0 Å². The van der Waals surface area contributed by atoms with E-state index in [9.17, 15) is 9.90 Å². The Morgan fingerprint density at radius 1 is 1.26 bits per heavy atom. The Labute approximate surface area is 165 Å². The molecule has 0 aromatic heterocycles. The number of unbranched alkanes of at least 4 members (excludes halogenated alkanes) is 3. The zero-order chi connectivity index (χ0) is 19.9. The van der Waals surface area contributed by atoms with Gasteiger partial charge < -0.3 is 15.3 Å². The monoisotopic (exact) mass is 374 g/mol. The number of nitrogens with one attached hydrogen (secondary N) is 1. The van der Waals surface area contributed by atoms with E-state index in [1.807, 2.05) is 19.1 Å². The molecule has 0 aliphatic carbocycles. The number of hydrogen-bond donors (Lipinski definition) is 2. The first kappa shape index (κ1) is 21.7. The summed E-state index contributed by atoms with van der Waals surface area (Å²) >= 11 is 0. The molecular formula is C23H38N2O2. The molecule has 2 rings (SSSR count). The van der Waals surface area contributed by atoms with Gasteiger partial charge in [-0.1, -0.05) is 53.0 Å². The fourth-order valence-electron chi connectivity index (χ4n) is 4.14. The number of carbonyl (C=O) groups is 1. The number of carbonyl (C=O) groups excluding carboxylic acids is 1. The third-order valence-corrected chi connectivity index (χ3v) is 6.30. The predicted molar refractivity (Wildman–Crippen MR) is 113 cm³/mol. The van der Waals surface area contributed by atoms with Crippen LogP contribution in [0.1, 0.15) is 78.2 Å². The first-order chi connectivity index (χ1) is 12.9. The minimum Gasteiger partial charge on any atom is -0.506 e. The van der Waals surface area contributed by atoms with E-state index < -0.39 is 0 Å². The molecule has 2 N–H and O–H groups in total. The lowest BCUT2D eigenvalue weighted by molar-refractivity contribution is -0.116. The van der Waals surface area contributed by atoms with E-state index in [-0.39, 0.29) is 17.1 Å². The topological polar surface area (TPSA) is 52.6 Å². The van der Waals surface area contributed by atoms with Crippen molar-refractivity contribution in [1.29, 1.82) is 0 Å². The molecule has 1 fully saturated rings. The lowest BCUT2D eigenvalue weighted by Gasteiger charge is -2.45. The van der Waals surface area contributed by atoms with Gasteiger partial charge in [0.2, 0.25) is 5.91 Å². The second kappa shape index (κ2) is 10.1. The van der Waals surface area contributed by atoms with Crippen LogP contribution in [0.3, 0.4) is 0 Å². The maximum Gasteiger partial charge on any atom is 0.224 e. The standard InChI is InChI=1S/C23H38N2O2/c1-5-7-8-9-14-25-15-13-23(4,18(3)17-25)19-11-12-20(21(26)16-19)24-22(27)10-6-2/h11-12,16,18,26H,5-10,13-15,17H2,1-4H3,(H,24,27)/t18-,23-/m0/s1. The first-order valence-electron chi connectivity index (χ1n) is 10.8. The van der Waals surface area contributed by atoms with Crippen molar-refractivity contribution in [3.63, 3.8) is 0 Å². The molecule has 1 aliphatic heterocycles. The minimum absolute atomic E-state index is 0.0449. The molecule has 152 valence electrons. The Morgan fingerprint density at radius 3 is 2.67 bits per heavy atom. The predicted octanol–water partition coefficient (Wildman–Crippen LogP) is 5.31. The van der Waals surface area contributed by atoms with E-state index in [1.54, 1.807) is 0 Å². The van der Waals surface area contributed by atoms with Gasteiger partial charge in [0.25, 0.3) is 0 Å². The molecule has 0 radical (unpaired) electrons. The Bertz CT molecular complexity index is 616. The average molecular weight is 375 g/mol. The number of rotatable bonds is 9. The summed E-state index contributed by atoms with van der Waals surface area (Å²) in [6, 6.07) is 5.79. The van der Waals surface area contributed by atoms with E-state index in [1.165, 1.54) is 37.8 Å². The summed E-state index contributed by atoms with van der Waals surface area (Å²) in [4.78, 5) is 14.4. The van der Waals surface area contributed by atoms with Crippen molar-refractivity contribution in [1.82, 2.24) is 4.90 Å². The number of hydrogen-bond acceptors (Lipinski definition) is 3. The number of phenolic OH excluding ortho intramolecular Hbond substituents is 1. The van der Waals surface area contributed by atoms with E-state index in [2.05, 4.69) is 37.1 Å². The van der Waals surface area contributed by atoms with Gasteiger partial charge in [-0.2, -0.15) is 0 Å². The summed E-state index contributed by atoms with van der Waals surface area (Å²) in [5.41, 5.74) is 1.75. The zero-order valence-electron chi connectivity index (χ0n) is 17.7. The van der Waals surface area contributed by atoms with Crippen LogP contribution < -0.4 is 5.32 Å². The normalized spacial score (nSPS) is 23.3. The Hall–Kier alpha value is -1.55. The number of aromatic hydroxyl groups is 1. The Morgan fingerprint density at radius 2 is 2.04 bits per heavy atom. The smallest absolute Gasteiger partial charge is 0.224 e. The quantitative estimate of drug-likeness (QED) is 0.455. The maximum atomic E-state index is 11.8. The molecule has 4 heteroatoms. The summed E-state index contributed by atoms with van der Waals surface area (Å²) in [5, 5.41) is 13.2. The van der Waals surface area contributed by atoms with Gasteiger partial charge in [-0.05, 0) is 61.4 Å². The zero-order valence-corrected chi connectivity index (χ0v) is 17.7. The highest BCUT2D eigenvalue weighted by atomic mass is 16.3. The van der Waals surface area contributed by atoms with E-state index in [0.29, 0.717) is 18.0 Å². The molecule has 0 bridgehead atoms. The third-order valence-electron chi connectivity index (χ3n) is 6.30. The number of likely N-dealkylation sites (tertiary alicyclic amines) is 1. The van der Waals surface area contributed by atoms with Crippen molar-refractivity contribution in [2.24, 2.45) is 5.92 Å². The summed E-state index contributed by atoms with van der Waals surface area (Å²) in [7, 11) is 0. The van der Waals surface area contributed by atoms with Gasteiger partial charge in [0.1, 0.15) is 5.75 Å². The van der Waals surface area contributed by atoms with Crippen molar-refractivity contribution in [3.05, 3.63) is 23.8 Å². The Balaban J connectivity index is 2.00. The number of anilines is 1. The number of benzene rings is 1. The van der Waals surface area contributed by atoms with Crippen molar-refractivity contribution in [2.75, 3.05) is 25.0 Å². The molecule has 2 atom stereocenters. The lowest BCUT2D eigenvalue weighted by atomic mass is 9.68. The molecule has 0 spiro atoms. The largest absolute Gasteiger partial charge is 0.506 e. The van der Waals surface area contributed by atoms with Crippen LogP contribution >= 0.6 is 0 Å². The maximum absolute atomic E-state index is 11.8. The van der Waals surface area contributed by atoms with E-state index in [4.69, 9.17) is 0 Å². The lowest BCUT2D eigenvalue weighted by Crippen LogP contribution is -2.47. The molecule has 0 saturated carbocycles. The molecule has 4 nitrogen and oxygen atoms in total. The van der Waals surface area contributed by atoms with Gasteiger partial charge in [-0.25, -0.2) is 0 Å². The molecule has 1 aromatic carbocycles. The average Bonchev–Trinajstić information content (AvgIpc) is 2.63. The fourth-order valence-corrected chi connectivity index (χ4v) is 4.14. The summed E-state index contributed by atoms with van der Waals surface area (Å²) in [6.45, 7) is 12.3. The Kier molecular flexibility index (Phi) is 8.15. The molecule has 1 aliphatic rings. The van der Waals surface area contributed by atoms with Crippen LogP contribution in [-0.4, -0.2) is 35.5 Å². The molecule has 0 unspecified atom stereocenters. The minimum atomic E-state index is -0.0449. The van der Waals surface area contributed by atoms with Gasteiger partial charge >= 0.3 is 0 Å². The van der Waals surface area contributed by atoms with Crippen molar-refractivity contribution < 1.29 is 9.90 Å². The molecular weight excluding hydrogens is 336 g/mol. The van der Waals surface area contributed by atoms with Crippen LogP contribution in [0.15, 0.2) is 18.2 Å². The second-order valence-electron chi connectivity index (χ2n) is 8.46. The van der Waals surface area contributed by atoms with Crippen LogP contribution in [0.5, 0.6) is 5.75 Å². The number of amides is 1. The first-order valence-corrected chi connectivity index (χ1v) is 10.8. The molecule has 1 amide bonds. The number of piperidine rings is 1. The molecule has 1 heterocycles. The van der Waals surface area contributed by atoms with Crippen molar-refractivity contribution in [3.8, 4) is 5.75 Å². The highest BCUT2D eigenvalue weighted by molar-refractivity contribution is 5.92. The van der Waals surface area contributed by atoms with Crippen molar-refractivity contribution >= 4 is 11.6 Å². The van der Waals surface area contributed by atoms with Gasteiger partial charge in [0, 0.05) is 13.0 Å². The summed E-state index contributed by atoms with van der Waals surface area (Å²) < 4.78 is 0. The van der Waals surface area contributed by atoms with Crippen molar-refractivity contribution in [2.45, 2.75) is 78.1 Å². The van der Waals surface area contributed by atoms with Crippen LogP contribution in [0.2, 0.25) is 0 Å². The second-order valence-corrected chi connectivity index (χ2v) is 8.46. The van der Waals surface area contributed by atoms with E-state index >= 15 is 0 Å². The summed E-state index contributed by atoms with van der Waals surface area (Å²) in [6.07, 6.45) is 7.62. The van der Waals surface area contributed by atoms with Crippen LogP contribution in [0, 0.1) is 5.92 Å². The fraction of sp³-hybridized carbons (Fsp3) is 0.696. The highest BCUT2D eigenvalue weighted by Gasteiger charge is 2.38. The SMILES string of the molecule is CCCCCCN1CC[C@](C)(c2ccc(NC(=O)CCC)c(O)c2)[C@@H](C)C1. The summed E-state index contributed by atoms with van der Waals surface area (Å²) in [5.74, 6) is 0.654. The number of phenols is 1.